The summed E-state index contributed by atoms with van der Waals surface area (Å²) in [6.45, 7) is 0. The lowest BCUT2D eigenvalue weighted by Crippen LogP contribution is -2.03. The van der Waals surface area contributed by atoms with E-state index in [1.54, 1.807) is 25.1 Å². The Hall–Kier alpha value is -1.22. The quantitative estimate of drug-likeness (QED) is 0.628. The van der Waals surface area contributed by atoms with E-state index >= 15 is 0 Å². The number of nitrogens with zero attached hydrogens (tertiary/aromatic N) is 1. The van der Waals surface area contributed by atoms with Gasteiger partial charge in [0.2, 0.25) is 5.90 Å². The van der Waals surface area contributed by atoms with E-state index in [-0.39, 0.29) is 0 Å². The molecule has 2 nitrogen and oxygen atoms in total. The van der Waals surface area contributed by atoms with Crippen molar-refractivity contribution in [1.29, 1.82) is 0 Å². The predicted octanol–water partition coefficient (Wildman–Crippen LogP) is 2.66. The zero-order valence-electron chi connectivity index (χ0n) is 7.23. The van der Waals surface area contributed by atoms with Gasteiger partial charge in [0.15, 0.2) is 0 Å². The van der Waals surface area contributed by atoms with Crippen molar-refractivity contribution in [2.75, 3.05) is 7.11 Å². The van der Waals surface area contributed by atoms with Crippen LogP contribution in [-0.2, 0) is 4.74 Å². The van der Waals surface area contributed by atoms with Crippen LogP contribution in [0.25, 0.3) is 0 Å². The van der Waals surface area contributed by atoms with E-state index < -0.39 is 0 Å². The van der Waals surface area contributed by atoms with E-state index in [9.17, 15) is 0 Å². The average Bonchev–Trinajstić information content (AvgIpc) is 2.39. The van der Waals surface area contributed by atoms with Gasteiger partial charge in [-0.15, -0.1) is 0 Å². The van der Waals surface area contributed by atoms with Crippen molar-refractivity contribution in [2.24, 2.45) is 4.99 Å². The van der Waals surface area contributed by atoms with Gasteiger partial charge in [-0.3, -0.25) is 0 Å². The number of thioether (sulfide) groups is 1. The van der Waals surface area contributed by atoms with Crippen LogP contribution in [0.1, 0.15) is 5.56 Å². The summed E-state index contributed by atoms with van der Waals surface area (Å²) in [6.07, 6.45) is 1.75. The van der Waals surface area contributed by atoms with Gasteiger partial charge in [-0.1, -0.05) is 23.9 Å². The lowest BCUT2D eigenvalue weighted by atomic mass is 10.2. The van der Waals surface area contributed by atoms with Crippen molar-refractivity contribution in [3.63, 3.8) is 0 Å². The molecule has 13 heavy (non-hydrogen) atoms. The van der Waals surface area contributed by atoms with Crippen molar-refractivity contribution in [1.82, 2.24) is 0 Å². The van der Waals surface area contributed by atoms with Crippen LogP contribution in [0.3, 0.4) is 0 Å². The zero-order valence-corrected chi connectivity index (χ0v) is 8.04. The Balaban J connectivity index is 2.53. The number of fused-ring (bicyclic) bond motifs is 1. The molecular formula is C10H9NOS. The Kier molecular flexibility index (Phi) is 2.36. The van der Waals surface area contributed by atoms with Crippen molar-refractivity contribution in [2.45, 2.75) is 4.90 Å². The maximum absolute atomic E-state index is 5.18. The van der Waals surface area contributed by atoms with Crippen LogP contribution in [0.15, 0.2) is 45.8 Å². The Labute approximate surface area is 81.3 Å². The highest BCUT2D eigenvalue weighted by atomic mass is 32.2. The summed E-state index contributed by atoms with van der Waals surface area (Å²) in [5.74, 6) is 0.678. The van der Waals surface area contributed by atoms with Gasteiger partial charge in [0.05, 0.1) is 12.7 Å². The van der Waals surface area contributed by atoms with E-state index in [0.717, 1.165) is 5.56 Å². The first-order valence-corrected chi connectivity index (χ1v) is 4.82. The fraction of sp³-hybridized carbons (Fsp3) is 0.100. The molecule has 1 aliphatic rings. The molecule has 1 aromatic rings. The molecule has 3 heteroatoms. The second kappa shape index (κ2) is 3.66. The van der Waals surface area contributed by atoms with E-state index in [0.29, 0.717) is 5.90 Å². The summed E-state index contributed by atoms with van der Waals surface area (Å²) in [7, 11) is 1.64. The molecule has 0 unspecified atom stereocenters. The third-order valence-electron chi connectivity index (χ3n) is 1.76. The van der Waals surface area contributed by atoms with Gasteiger partial charge < -0.3 is 4.74 Å². The first kappa shape index (κ1) is 8.38. The summed E-state index contributed by atoms with van der Waals surface area (Å²) in [4.78, 5) is 5.35. The molecule has 1 aromatic carbocycles. The van der Waals surface area contributed by atoms with Gasteiger partial charge >= 0.3 is 0 Å². The second-order valence-corrected chi connectivity index (χ2v) is 3.49. The van der Waals surface area contributed by atoms with Crippen LogP contribution in [0.4, 0.5) is 0 Å². The number of benzene rings is 1. The van der Waals surface area contributed by atoms with Crippen LogP contribution >= 0.6 is 11.8 Å². The number of aliphatic imine (C=N–C) groups is 1. The minimum absolute atomic E-state index is 0.678. The van der Waals surface area contributed by atoms with Crippen molar-refractivity contribution in [3.05, 3.63) is 41.4 Å². The Bertz CT molecular complexity index is 371. The van der Waals surface area contributed by atoms with Crippen molar-refractivity contribution in [3.8, 4) is 0 Å². The molecule has 0 fully saturated rings. The monoisotopic (exact) mass is 191 g/mol. The van der Waals surface area contributed by atoms with Gasteiger partial charge in [0.1, 0.15) is 0 Å². The highest BCUT2D eigenvalue weighted by molar-refractivity contribution is 8.02. The van der Waals surface area contributed by atoms with E-state index in [2.05, 4.69) is 11.1 Å². The minimum atomic E-state index is 0.678. The molecule has 0 saturated heterocycles. The summed E-state index contributed by atoms with van der Waals surface area (Å²) in [6, 6.07) is 8.07. The topological polar surface area (TPSA) is 21.6 Å². The summed E-state index contributed by atoms with van der Waals surface area (Å²) >= 11 is 1.65. The molecule has 66 valence electrons. The standard InChI is InChI=1S/C10H9NOS/c1-12-10-8-4-2-3-5-9(8)13-7-6-11-10/h2-7H,1H3. The fourth-order valence-corrected chi connectivity index (χ4v) is 1.89. The second-order valence-electron chi connectivity index (χ2n) is 2.54. The largest absolute Gasteiger partial charge is 0.481 e. The lowest BCUT2D eigenvalue weighted by Gasteiger charge is -2.05. The maximum Gasteiger partial charge on any atom is 0.221 e. The SMILES string of the molecule is COC1=NC=CSc2ccccc21. The van der Waals surface area contributed by atoms with Gasteiger partial charge in [-0.05, 0) is 17.5 Å². The average molecular weight is 191 g/mol. The highest BCUT2D eigenvalue weighted by Crippen LogP contribution is 2.26. The molecule has 0 saturated carbocycles. The molecule has 0 aromatic heterocycles. The lowest BCUT2D eigenvalue weighted by molar-refractivity contribution is 0.404. The van der Waals surface area contributed by atoms with Crippen molar-refractivity contribution < 1.29 is 4.74 Å². The van der Waals surface area contributed by atoms with Crippen LogP contribution in [-0.4, -0.2) is 13.0 Å². The first-order chi connectivity index (χ1) is 6.42. The summed E-state index contributed by atoms with van der Waals surface area (Å²) in [5.41, 5.74) is 1.06. The van der Waals surface area contributed by atoms with Gasteiger partial charge in [0.25, 0.3) is 0 Å². The van der Waals surface area contributed by atoms with Gasteiger partial charge in [-0.2, -0.15) is 0 Å². The molecule has 0 bridgehead atoms. The van der Waals surface area contributed by atoms with Gasteiger partial charge in [-0.25, -0.2) is 4.99 Å². The van der Waals surface area contributed by atoms with Crippen LogP contribution in [0, 0.1) is 0 Å². The Morgan fingerprint density at radius 2 is 2.15 bits per heavy atom. The predicted molar refractivity (Wildman–Crippen MR) is 55.0 cm³/mol. The normalized spacial score (nSPS) is 14.4. The molecule has 1 aliphatic heterocycles. The number of hydrogen-bond acceptors (Lipinski definition) is 3. The molecule has 0 atom stereocenters. The van der Waals surface area contributed by atoms with Crippen LogP contribution in [0.2, 0.25) is 0 Å². The molecule has 1 heterocycles. The van der Waals surface area contributed by atoms with Crippen LogP contribution < -0.4 is 0 Å². The smallest absolute Gasteiger partial charge is 0.221 e. The molecule has 0 amide bonds. The number of ether oxygens (including phenoxy) is 1. The third-order valence-corrected chi connectivity index (χ3v) is 2.63. The number of rotatable bonds is 0. The third kappa shape index (κ3) is 1.60. The van der Waals surface area contributed by atoms with E-state index in [4.69, 9.17) is 4.74 Å². The number of methoxy groups -OCH3 is 1. The minimum Gasteiger partial charge on any atom is -0.481 e. The molecule has 0 spiro atoms. The van der Waals surface area contributed by atoms with Crippen molar-refractivity contribution >= 4 is 17.7 Å². The van der Waals surface area contributed by atoms with Crippen LogP contribution in [0.5, 0.6) is 0 Å². The van der Waals surface area contributed by atoms with Gasteiger partial charge in [0, 0.05) is 11.1 Å². The molecule has 0 N–H and O–H groups in total. The summed E-state index contributed by atoms with van der Waals surface area (Å²) < 4.78 is 5.18. The fourth-order valence-electron chi connectivity index (χ4n) is 1.18. The maximum atomic E-state index is 5.18. The first-order valence-electron chi connectivity index (χ1n) is 3.94. The zero-order chi connectivity index (χ0) is 9.10. The number of hydrogen-bond donors (Lipinski definition) is 0. The Morgan fingerprint density at radius 3 is 3.00 bits per heavy atom. The molecule has 2 rings (SSSR count). The Morgan fingerprint density at radius 1 is 1.31 bits per heavy atom. The molecule has 0 radical (unpaired) electrons. The highest BCUT2D eigenvalue weighted by Gasteiger charge is 2.09. The van der Waals surface area contributed by atoms with E-state index in [1.165, 1.54) is 4.90 Å². The molecular weight excluding hydrogens is 182 g/mol. The van der Waals surface area contributed by atoms with E-state index in [1.807, 2.05) is 23.6 Å². The molecule has 0 aliphatic carbocycles. The summed E-state index contributed by atoms with van der Waals surface area (Å²) in [5, 5.41) is 1.95.